The van der Waals surface area contributed by atoms with Gasteiger partial charge in [-0.2, -0.15) is 0 Å². The van der Waals surface area contributed by atoms with E-state index in [4.69, 9.17) is 27.9 Å². The van der Waals surface area contributed by atoms with Gasteiger partial charge in [-0.05, 0) is 91.9 Å². The summed E-state index contributed by atoms with van der Waals surface area (Å²) in [6.07, 6.45) is 4.41. The van der Waals surface area contributed by atoms with Crippen molar-refractivity contribution in [2.75, 3.05) is 53.3 Å². The molecule has 2 saturated heterocycles. The van der Waals surface area contributed by atoms with Crippen molar-refractivity contribution < 1.29 is 19.1 Å². The first kappa shape index (κ1) is 34.4. The van der Waals surface area contributed by atoms with Crippen molar-refractivity contribution in [2.45, 2.75) is 26.2 Å². The molecule has 52 heavy (non-hydrogen) atoms. The Kier molecular flexibility index (Phi) is 9.25. The molecule has 8 rings (SSSR count). The van der Waals surface area contributed by atoms with Crippen molar-refractivity contribution in [1.29, 1.82) is 0 Å². The molecule has 0 unspecified atom stereocenters. The molecular formula is C40H35Cl2N5O4S. The lowest BCUT2D eigenvalue weighted by atomic mass is 9.73. The average molecular weight is 753 g/mol. The number of hydrogen-bond acceptors (Lipinski definition) is 7. The Morgan fingerprint density at radius 2 is 1.62 bits per heavy atom. The molecule has 3 aliphatic rings. The second-order valence-electron chi connectivity index (χ2n) is 13.6. The molecular weight excluding hydrogens is 717 g/mol. The normalized spacial score (nSPS) is 16.0. The number of amides is 3. The molecule has 5 aromatic rings. The van der Waals surface area contributed by atoms with Crippen LogP contribution in [0.3, 0.4) is 0 Å². The van der Waals surface area contributed by atoms with Crippen LogP contribution in [0.15, 0.2) is 85.1 Å². The minimum absolute atomic E-state index is 0.156. The Morgan fingerprint density at radius 1 is 0.885 bits per heavy atom. The highest BCUT2D eigenvalue weighted by Crippen LogP contribution is 2.44. The van der Waals surface area contributed by atoms with E-state index in [9.17, 15) is 14.4 Å². The predicted octanol–water partition coefficient (Wildman–Crippen LogP) is 8.75. The second-order valence-corrected chi connectivity index (χ2v) is 15.5. The number of nitrogens with zero attached hydrogens (tertiary/aromatic N) is 3. The summed E-state index contributed by atoms with van der Waals surface area (Å²) in [5.74, 6) is -0.00631. The van der Waals surface area contributed by atoms with E-state index >= 15 is 0 Å². The first-order chi connectivity index (χ1) is 25.2. The van der Waals surface area contributed by atoms with E-state index in [0.29, 0.717) is 56.2 Å². The quantitative estimate of drug-likeness (QED) is 0.180. The topological polar surface area (TPSA) is 104 Å². The number of halogens is 2. The highest BCUT2D eigenvalue weighted by atomic mass is 35.5. The van der Waals surface area contributed by atoms with Gasteiger partial charge in [-0.25, -0.2) is 4.98 Å². The van der Waals surface area contributed by atoms with Gasteiger partial charge in [0.05, 0.1) is 31.9 Å². The molecule has 0 radical (unpaired) electrons. The van der Waals surface area contributed by atoms with Gasteiger partial charge >= 0.3 is 0 Å². The van der Waals surface area contributed by atoms with Gasteiger partial charge in [-0.3, -0.25) is 14.4 Å². The number of pyridine rings is 1. The first-order valence-corrected chi connectivity index (χ1v) is 18.8. The van der Waals surface area contributed by atoms with Crippen LogP contribution in [0, 0.1) is 12.3 Å². The predicted molar refractivity (Wildman–Crippen MR) is 208 cm³/mol. The molecule has 3 amide bonds. The average Bonchev–Trinajstić information content (AvgIpc) is 3.51. The van der Waals surface area contributed by atoms with Crippen LogP contribution in [-0.4, -0.2) is 55.6 Å². The number of nitrogens with one attached hydrogen (secondary N) is 2. The zero-order valence-corrected chi connectivity index (χ0v) is 30.7. The van der Waals surface area contributed by atoms with Crippen LogP contribution in [-0.2, 0) is 11.2 Å². The van der Waals surface area contributed by atoms with Crippen molar-refractivity contribution >= 4 is 75.1 Å². The van der Waals surface area contributed by atoms with E-state index in [0.717, 1.165) is 66.4 Å². The van der Waals surface area contributed by atoms with Crippen LogP contribution in [0.5, 0.6) is 0 Å². The summed E-state index contributed by atoms with van der Waals surface area (Å²) in [6, 6.07) is 23.5. The molecule has 2 fully saturated rings. The molecule has 0 bridgehead atoms. The van der Waals surface area contributed by atoms with E-state index in [2.05, 4.69) is 20.5 Å². The highest BCUT2D eigenvalue weighted by molar-refractivity contribution is 7.17. The van der Waals surface area contributed by atoms with Crippen LogP contribution in [0.4, 0.5) is 22.9 Å². The fourth-order valence-electron chi connectivity index (χ4n) is 7.28. The zero-order valence-electron chi connectivity index (χ0n) is 28.4. The smallest absolute Gasteiger partial charge is 0.265 e. The third-order valence-corrected chi connectivity index (χ3v) is 11.9. The number of rotatable bonds is 6. The summed E-state index contributed by atoms with van der Waals surface area (Å²) >= 11 is 14.0. The maximum atomic E-state index is 14.0. The second kappa shape index (κ2) is 14.0. The highest BCUT2D eigenvalue weighted by Gasteiger charge is 2.45. The number of aromatic nitrogens is 1. The summed E-state index contributed by atoms with van der Waals surface area (Å²) in [6.45, 7) is 5.65. The van der Waals surface area contributed by atoms with E-state index in [-0.39, 0.29) is 23.1 Å². The van der Waals surface area contributed by atoms with Crippen LogP contribution < -0.4 is 20.4 Å². The van der Waals surface area contributed by atoms with Crippen molar-refractivity contribution in [1.82, 2.24) is 4.98 Å². The summed E-state index contributed by atoms with van der Waals surface area (Å²) in [5, 5.41) is 6.59. The Labute approximate surface area is 315 Å². The molecule has 0 saturated carbocycles. The molecule has 2 N–H and O–H groups in total. The van der Waals surface area contributed by atoms with Gasteiger partial charge in [0.15, 0.2) is 0 Å². The summed E-state index contributed by atoms with van der Waals surface area (Å²) in [5.41, 5.74) is 5.75. The number of para-hydroxylation sites is 2. The first-order valence-electron chi connectivity index (χ1n) is 17.2. The third-order valence-electron chi connectivity index (χ3n) is 10.1. The molecule has 0 aliphatic carbocycles. The number of fused-ring (bicyclic) bond motifs is 3. The van der Waals surface area contributed by atoms with Crippen LogP contribution in [0.2, 0.25) is 10.0 Å². The fourth-order valence-corrected chi connectivity index (χ4v) is 8.91. The molecule has 9 nitrogen and oxygen atoms in total. The molecule has 12 heteroatoms. The van der Waals surface area contributed by atoms with Crippen LogP contribution in [0.25, 0.3) is 10.4 Å². The maximum absolute atomic E-state index is 14.0. The molecule has 1 spiro atoms. The number of ether oxygens (including phenoxy) is 1. The summed E-state index contributed by atoms with van der Waals surface area (Å²) in [4.78, 5) is 51.0. The summed E-state index contributed by atoms with van der Waals surface area (Å²) < 4.78 is 5.57. The van der Waals surface area contributed by atoms with E-state index < -0.39 is 0 Å². The van der Waals surface area contributed by atoms with Gasteiger partial charge < -0.3 is 25.2 Å². The van der Waals surface area contributed by atoms with Gasteiger partial charge in [-0.15, -0.1) is 11.3 Å². The summed E-state index contributed by atoms with van der Waals surface area (Å²) in [7, 11) is 0. The number of aryl methyl sites for hydroxylation is 1. The molecule has 2 aromatic heterocycles. The van der Waals surface area contributed by atoms with Crippen molar-refractivity contribution in [3.8, 4) is 10.4 Å². The number of carbonyl (C=O) groups is 3. The number of thiophene rings is 1. The van der Waals surface area contributed by atoms with E-state index in [1.807, 2.05) is 43.3 Å². The van der Waals surface area contributed by atoms with Gasteiger partial charge in [-0.1, -0.05) is 47.5 Å². The molecule has 264 valence electrons. The minimum atomic E-state index is -0.301. The zero-order chi connectivity index (χ0) is 36.0. The Bertz CT molecular complexity index is 2190. The van der Waals surface area contributed by atoms with Gasteiger partial charge in [0.2, 0.25) is 0 Å². The molecule has 3 aromatic carbocycles. The Hall–Kier alpha value is -4.74. The Balaban J connectivity index is 0.976. The monoisotopic (exact) mass is 751 g/mol. The van der Waals surface area contributed by atoms with E-state index in [1.165, 1.54) is 11.3 Å². The lowest BCUT2D eigenvalue weighted by Crippen LogP contribution is -2.59. The lowest BCUT2D eigenvalue weighted by molar-refractivity contribution is -0.000511. The van der Waals surface area contributed by atoms with Crippen LogP contribution in [0.1, 0.15) is 54.4 Å². The molecule has 0 atom stereocenters. The van der Waals surface area contributed by atoms with Crippen LogP contribution >= 0.6 is 34.5 Å². The maximum Gasteiger partial charge on any atom is 0.265 e. The molecule has 5 heterocycles. The molecule has 3 aliphatic heterocycles. The largest absolute Gasteiger partial charge is 0.381 e. The van der Waals surface area contributed by atoms with E-state index in [1.54, 1.807) is 53.6 Å². The number of anilines is 4. The fraction of sp³-hybridized carbons (Fsp3) is 0.250. The van der Waals surface area contributed by atoms with Crippen molar-refractivity contribution in [2.24, 2.45) is 5.41 Å². The Morgan fingerprint density at radius 3 is 2.37 bits per heavy atom. The number of hydrogen-bond donors (Lipinski definition) is 2. The standard InChI is InChI=1S/C40H35Cl2N5O4S/c1-24-19-29(36(43-21-24)46-22-40(23-46)14-17-51-18-15-40)37(48)44-27-11-9-25(10-12-27)39(50)47-16-13-26-20-33(52-35(26)28-5-2-3-8-32(28)47)38(49)45-34-30(41)6-4-7-31(34)42/h2-12,19-21H,13-18,22-23H2,1H3,(H,44,48)(H,45,49). The van der Waals surface area contributed by atoms with Crippen molar-refractivity contribution in [3.63, 3.8) is 0 Å². The number of benzene rings is 3. The van der Waals surface area contributed by atoms with Gasteiger partial charge in [0.25, 0.3) is 17.7 Å². The number of carbonyl (C=O) groups excluding carboxylic acids is 3. The SMILES string of the molecule is Cc1cnc(N2CC3(CCOCC3)C2)c(C(=O)Nc2ccc(C(=O)N3CCc4cc(C(=O)Nc5c(Cl)cccc5Cl)sc4-c4ccccc43)cc2)c1. The third kappa shape index (κ3) is 6.56. The minimum Gasteiger partial charge on any atom is -0.381 e. The lowest BCUT2D eigenvalue weighted by Gasteiger charge is -2.53. The van der Waals surface area contributed by atoms with Gasteiger partial charge in [0.1, 0.15) is 5.82 Å². The van der Waals surface area contributed by atoms with Gasteiger partial charge in [0, 0.05) is 66.2 Å². The van der Waals surface area contributed by atoms with Crippen molar-refractivity contribution in [3.05, 3.63) is 122 Å².